The Morgan fingerprint density at radius 3 is 1.76 bits per heavy atom. The first-order valence-corrected chi connectivity index (χ1v) is 11.7. The minimum atomic E-state index is -0.489. The van der Waals surface area contributed by atoms with Crippen molar-refractivity contribution in [2.24, 2.45) is 0 Å². The molecule has 0 spiro atoms. The van der Waals surface area contributed by atoms with Crippen LogP contribution in [0.15, 0.2) is 36.7 Å². The average Bonchev–Trinajstić information content (AvgIpc) is 2.87. The molecule has 2 aromatic rings. The summed E-state index contributed by atoms with van der Waals surface area (Å²) in [5, 5.41) is 0. The van der Waals surface area contributed by atoms with Gasteiger partial charge in [-0.2, -0.15) is 0 Å². The van der Waals surface area contributed by atoms with Crippen LogP contribution < -0.4 is 0 Å². The smallest absolute Gasteiger partial charge is 0.338 e. The molecule has 2 aromatic heterocycles. The molecule has 0 saturated heterocycles. The first-order valence-electron chi connectivity index (χ1n) is 11.7. The highest BCUT2D eigenvalue weighted by Gasteiger charge is 2.13. The molecule has 0 aliphatic rings. The topological polar surface area (TPSA) is 106 Å². The molecule has 0 aromatic carbocycles. The van der Waals surface area contributed by atoms with E-state index in [0.717, 1.165) is 25.9 Å². The SMILES string of the molecule is CCOCCCCCOC(=O)c1ccnc(-c2cc(C(=O)OCCOCCOCC)ccn2)c1. The van der Waals surface area contributed by atoms with Crippen LogP contribution >= 0.6 is 0 Å². The van der Waals surface area contributed by atoms with Crippen molar-refractivity contribution in [1.29, 1.82) is 0 Å². The summed E-state index contributed by atoms with van der Waals surface area (Å²) in [6, 6.07) is 6.32. The van der Waals surface area contributed by atoms with Gasteiger partial charge in [0.25, 0.3) is 0 Å². The number of hydrogen-bond donors (Lipinski definition) is 0. The minimum absolute atomic E-state index is 0.133. The third-order valence-electron chi connectivity index (χ3n) is 4.66. The van der Waals surface area contributed by atoms with Gasteiger partial charge in [-0.1, -0.05) is 0 Å². The van der Waals surface area contributed by atoms with Crippen LogP contribution in [-0.2, 0) is 23.7 Å². The highest BCUT2D eigenvalue weighted by atomic mass is 16.6. The molecule has 186 valence electrons. The molecular formula is C25H34N2O7. The van der Waals surface area contributed by atoms with Crippen LogP contribution in [0.25, 0.3) is 11.4 Å². The Hall–Kier alpha value is -2.88. The molecule has 0 N–H and O–H groups in total. The molecule has 0 fully saturated rings. The number of rotatable bonds is 17. The predicted octanol–water partition coefficient (Wildman–Crippen LogP) is 3.72. The van der Waals surface area contributed by atoms with Gasteiger partial charge in [-0.05, 0) is 57.4 Å². The summed E-state index contributed by atoms with van der Waals surface area (Å²) < 4.78 is 26.4. The lowest BCUT2D eigenvalue weighted by atomic mass is 10.1. The monoisotopic (exact) mass is 474 g/mol. The van der Waals surface area contributed by atoms with Gasteiger partial charge in [-0.15, -0.1) is 0 Å². The molecule has 34 heavy (non-hydrogen) atoms. The summed E-state index contributed by atoms with van der Waals surface area (Å²) >= 11 is 0. The molecule has 2 rings (SSSR count). The lowest BCUT2D eigenvalue weighted by Crippen LogP contribution is -2.13. The summed E-state index contributed by atoms with van der Waals surface area (Å²) in [5.74, 6) is -0.912. The van der Waals surface area contributed by atoms with Crippen molar-refractivity contribution in [2.75, 3.05) is 52.9 Å². The Morgan fingerprint density at radius 2 is 1.15 bits per heavy atom. The van der Waals surface area contributed by atoms with E-state index in [0.29, 0.717) is 55.5 Å². The number of nitrogens with zero attached hydrogens (tertiary/aromatic N) is 2. The van der Waals surface area contributed by atoms with Crippen molar-refractivity contribution in [3.63, 3.8) is 0 Å². The van der Waals surface area contributed by atoms with E-state index >= 15 is 0 Å². The molecule has 0 bridgehead atoms. The second-order valence-electron chi connectivity index (χ2n) is 7.20. The highest BCUT2D eigenvalue weighted by Crippen LogP contribution is 2.18. The van der Waals surface area contributed by atoms with Gasteiger partial charge in [0.1, 0.15) is 6.61 Å². The summed E-state index contributed by atoms with van der Waals surface area (Å²) in [7, 11) is 0. The van der Waals surface area contributed by atoms with Crippen LogP contribution in [0.3, 0.4) is 0 Å². The zero-order valence-corrected chi connectivity index (χ0v) is 20.0. The fraction of sp³-hybridized carbons (Fsp3) is 0.520. The molecular weight excluding hydrogens is 440 g/mol. The van der Waals surface area contributed by atoms with Crippen molar-refractivity contribution in [3.05, 3.63) is 47.8 Å². The maximum absolute atomic E-state index is 12.4. The molecule has 0 amide bonds. The lowest BCUT2D eigenvalue weighted by molar-refractivity contribution is 0.0163. The Labute approximate surface area is 200 Å². The van der Waals surface area contributed by atoms with E-state index in [-0.39, 0.29) is 13.2 Å². The third-order valence-corrected chi connectivity index (χ3v) is 4.66. The average molecular weight is 475 g/mol. The largest absolute Gasteiger partial charge is 0.462 e. The second kappa shape index (κ2) is 16.7. The van der Waals surface area contributed by atoms with Gasteiger partial charge in [0.05, 0.1) is 48.9 Å². The Kier molecular flexibility index (Phi) is 13.4. The van der Waals surface area contributed by atoms with Gasteiger partial charge in [0, 0.05) is 32.2 Å². The van der Waals surface area contributed by atoms with Crippen molar-refractivity contribution in [1.82, 2.24) is 9.97 Å². The maximum Gasteiger partial charge on any atom is 0.338 e. The standard InChI is InChI=1S/C25H34N2O7/c1-3-30-12-6-5-7-13-33-24(28)20-8-10-26-22(18-20)23-19-21(9-11-27-23)25(29)34-17-16-32-15-14-31-4-2/h8-11,18-19H,3-7,12-17H2,1-2H3. The molecule has 0 aliphatic heterocycles. The van der Waals surface area contributed by atoms with Crippen molar-refractivity contribution in [2.45, 2.75) is 33.1 Å². The molecule has 0 unspecified atom stereocenters. The second-order valence-corrected chi connectivity index (χ2v) is 7.20. The van der Waals surface area contributed by atoms with Gasteiger partial charge >= 0.3 is 11.9 Å². The Balaban J connectivity index is 1.84. The van der Waals surface area contributed by atoms with E-state index in [1.54, 1.807) is 24.3 Å². The third kappa shape index (κ3) is 10.4. The quantitative estimate of drug-likeness (QED) is 0.250. The van der Waals surface area contributed by atoms with Gasteiger partial charge < -0.3 is 23.7 Å². The summed E-state index contributed by atoms with van der Waals surface area (Å²) in [4.78, 5) is 33.3. The zero-order valence-electron chi connectivity index (χ0n) is 20.0. The van der Waals surface area contributed by atoms with Gasteiger partial charge in [-0.3, -0.25) is 9.97 Å². The van der Waals surface area contributed by atoms with Crippen LogP contribution in [0.1, 0.15) is 53.8 Å². The number of aromatic nitrogens is 2. The first kappa shape index (κ1) is 27.4. The van der Waals surface area contributed by atoms with E-state index in [1.165, 1.54) is 12.4 Å². The van der Waals surface area contributed by atoms with Crippen LogP contribution in [0.4, 0.5) is 0 Å². The van der Waals surface area contributed by atoms with Crippen LogP contribution in [0, 0.1) is 0 Å². The number of esters is 2. The van der Waals surface area contributed by atoms with Crippen LogP contribution in [-0.4, -0.2) is 74.8 Å². The van der Waals surface area contributed by atoms with E-state index in [9.17, 15) is 9.59 Å². The molecule has 2 heterocycles. The number of carbonyl (C=O) groups is 2. The van der Waals surface area contributed by atoms with Crippen molar-refractivity contribution < 1.29 is 33.3 Å². The molecule has 0 atom stereocenters. The Morgan fingerprint density at radius 1 is 0.647 bits per heavy atom. The van der Waals surface area contributed by atoms with Crippen LogP contribution in [0.2, 0.25) is 0 Å². The minimum Gasteiger partial charge on any atom is -0.462 e. The predicted molar refractivity (Wildman–Crippen MR) is 126 cm³/mol. The zero-order chi connectivity index (χ0) is 24.4. The fourth-order valence-corrected chi connectivity index (χ4v) is 2.91. The number of ether oxygens (including phenoxy) is 5. The number of pyridine rings is 2. The Bertz CT molecular complexity index is 804. The number of carbonyl (C=O) groups excluding carboxylic acids is 2. The lowest BCUT2D eigenvalue weighted by Gasteiger charge is -2.08. The highest BCUT2D eigenvalue weighted by molar-refractivity contribution is 5.92. The van der Waals surface area contributed by atoms with Crippen LogP contribution in [0.5, 0.6) is 0 Å². The van der Waals surface area contributed by atoms with Crippen molar-refractivity contribution >= 4 is 11.9 Å². The maximum atomic E-state index is 12.4. The molecule has 0 aliphatic carbocycles. The van der Waals surface area contributed by atoms with Gasteiger partial charge in [0.15, 0.2) is 0 Å². The molecule has 0 saturated carbocycles. The van der Waals surface area contributed by atoms with E-state index in [4.69, 9.17) is 23.7 Å². The summed E-state index contributed by atoms with van der Waals surface area (Å²) in [5.41, 5.74) is 1.62. The van der Waals surface area contributed by atoms with E-state index in [2.05, 4.69) is 9.97 Å². The fourth-order valence-electron chi connectivity index (χ4n) is 2.91. The summed E-state index contributed by atoms with van der Waals surface area (Å²) in [6.45, 7) is 7.66. The molecule has 9 nitrogen and oxygen atoms in total. The van der Waals surface area contributed by atoms with E-state index in [1.807, 2.05) is 13.8 Å². The normalized spacial score (nSPS) is 10.8. The van der Waals surface area contributed by atoms with Gasteiger partial charge in [0.2, 0.25) is 0 Å². The van der Waals surface area contributed by atoms with Gasteiger partial charge in [-0.25, -0.2) is 9.59 Å². The molecule has 9 heteroatoms. The van der Waals surface area contributed by atoms with E-state index < -0.39 is 11.9 Å². The number of hydrogen-bond acceptors (Lipinski definition) is 9. The first-order chi connectivity index (χ1) is 16.7. The summed E-state index contributed by atoms with van der Waals surface area (Å²) in [6.07, 6.45) is 5.66. The van der Waals surface area contributed by atoms with Crippen molar-refractivity contribution in [3.8, 4) is 11.4 Å². The molecule has 0 radical (unpaired) electrons. The number of unbranched alkanes of at least 4 members (excludes halogenated alkanes) is 2.